The van der Waals surface area contributed by atoms with Gasteiger partial charge in [0, 0.05) is 0 Å². The molecule has 1 nitrogen and oxygen atoms in total. The van der Waals surface area contributed by atoms with Gasteiger partial charge < -0.3 is 4.43 Å². The van der Waals surface area contributed by atoms with Crippen LogP contribution < -0.4 is 0 Å². The van der Waals surface area contributed by atoms with Gasteiger partial charge in [-0.3, -0.25) is 0 Å². The van der Waals surface area contributed by atoms with Crippen molar-refractivity contribution in [2.75, 3.05) is 0 Å². The normalized spacial score (nSPS) is 13.6. The molecule has 0 fully saturated rings. The van der Waals surface area contributed by atoms with E-state index in [0.717, 1.165) is 6.42 Å². The van der Waals surface area contributed by atoms with Gasteiger partial charge in [-0.1, -0.05) is 50.0 Å². The van der Waals surface area contributed by atoms with Crippen LogP contribution in [0.15, 0.2) is 41.8 Å². The summed E-state index contributed by atoms with van der Waals surface area (Å²) in [6, 6.07) is 10.6. The summed E-state index contributed by atoms with van der Waals surface area (Å²) in [6.07, 6.45) is 3.28. The van der Waals surface area contributed by atoms with Gasteiger partial charge in [-0.2, -0.15) is 0 Å². The van der Waals surface area contributed by atoms with Crippen LogP contribution in [-0.4, -0.2) is 16.4 Å². The van der Waals surface area contributed by atoms with Crippen molar-refractivity contribution in [3.63, 3.8) is 0 Å². The highest BCUT2D eigenvalue weighted by atomic mass is 28.4. The SMILES string of the molecule is C[Si](C)(C)O/C(=C\Cc1ccccc1)[Si](C)(C)C. The van der Waals surface area contributed by atoms with Crippen LogP contribution in [-0.2, 0) is 10.8 Å². The molecular weight excluding hydrogens is 252 g/mol. The Kier molecular flexibility index (Phi) is 4.99. The molecule has 18 heavy (non-hydrogen) atoms. The minimum Gasteiger partial charge on any atom is -0.552 e. The molecule has 0 atom stereocenters. The third-order valence-electron chi connectivity index (χ3n) is 2.52. The molecule has 0 aliphatic rings. The summed E-state index contributed by atoms with van der Waals surface area (Å²) in [5.74, 6) is 0. The van der Waals surface area contributed by atoms with Crippen molar-refractivity contribution in [1.29, 1.82) is 0 Å². The van der Waals surface area contributed by atoms with Gasteiger partial charge in [0.25, 0.3) is 0 Å². The first-order valence-corrected chi connectivity index (χ1v) is 13.5. The van der Waals surface area contributed by atoms with Crippen LogP contribution >= 0.6 is 0 Å². The standard InChI is InChI=1S/C15H26OSi2/c1-17(2,3)15(16-18(4,5)6)13-12-14-10-8-7-9-11-14/h7-11,13H,12H2,1-6H3/b15-13+. The second-order valence-corrected chi connectivity index (χ2v) is 16.1. The van der Waals surface area contributed by atoms with Gasteiger partial charge in [-0.25, -0.2) is 0 Å². The molecule has 1 aromatic rings. The second-order valence-electron chi connectivity index (χ2n) is 6.72. The van der Waals surface area contributed by atoms with Gasteiger partial charge in [0.15, 0.2) is 0 Å². The van der Waals surface area contributed by atoms with E-state index in [1.807, 2.05) is 0 Å². The van der Waals surface area contributed by atoms with E-state index in [1.54, 1.807) is 0 Å². The van der Waals surface area contributed by atoms with Crippen molar-refractivity contribution in [3.8, 4) is 0 Å². The number of allylic oxidation sites excluding steroid dienone is 1. The number of hydrogen-bond donors (Lipinski definition) is 0. The zero-order valence-corrected chi connectivity index (χ0v) is 14.6. The Morgan fingerprint density at radius 3 is 2.00 bits per heavy atom. The summed E-state index contributed by atoms with van der Waals surface area (Å²) in [5.41, 5.74) is 1.35. The summed E-state index contributed by atoms with van der Waals surface area (Å²) in [4.78, 5) is 0. The van der Waals surface area contributed by atoms with Crippen molar-refractivity contribution in [1.82, 2.24) is 0 Å². The highest BCUT2D eigenvalue weighted by Gasteiger charge is 2.26. The van der Waals surface area contributed by atoms with Crippen molar-refractivity contribution in [3.05, 3.63) is 47.4 Å². The maximum absolute atomic E-state index is 6.29. The van der Waals surface area contributed by atoms with Crippen LogP contribution in [0.4, 0.5) is 0 Å². The molecule has 0 amide bonds. The van der Waals surface area contributed by atoms with Gasteiger partial charge in [-0.05, 0) is 37.7 Å². The van der Waals surface area contributed by atoms with Gasteiger partial charge in [0.05, 0.1) is 5.38 Å². The average molecular weight is 279 g/mol. The lowest BCUT2D eigenvalue weighted by Gasteiger charge is -2.29. The molecule has 0 aromatic heterocycles. The zero-order chi connectivity index (χ0) is 13.8. The Hall–Kier alpha value is -0.806. The topological polar surface area (TPSA) is 9.23 Å². The highest BCUT2D eigenvalue weighted by Crippen LogP contribution is 2.21. The summed E-state index contributed by atoms with van der Waals surface area (Å²) < 4.78 is 6.29. The Labute approximate surface area is 114 Å². The Balaban J connectivity index is 2.84. The maximum atomic E-state index is 6.29. The fourth-order valence-corrected chi connectivity index (χ4v) is 5.26. The van der Waals surface area contributed by atoms with E-state index in [1.165, 1.54) is 10.9 Å². The predicted octanol–water partition coefficient (Wildman–Crippen LogP) is 4.84. The van der Waals surface area contributed by atoms with E-state index in [2.05, 4.69) is 75.7 Å². The minimum absolute atomic E-state index is 0.977. The lowest BCUT2D eigenvalue weighted by atomic mass is 10.2. The fraction of sp³-hybridized carbons (Fsp3) is 0.467. The smallest absolute Gasteiger partial charge is 0.241 e. The van der Waals surface area contributed by atoms with Gasteiger partial charge in [0.2, 0.25) is 8.32 Å². The zero-order valence-electron chi connectivity index (χ0n) is 12.6. The first-order valence-electron chi connectivity index (χ1n) is 6.62. The van der Waals surface area contributed by atoms with Gasteiger partial charge in [-0.15, -0.1) is 0 Å². The summed E-state index contributed by atoms with van der Waals surface area (Å²) >= 11 is 0. The molecular formula is C15H26OSi2. The highest BCUT2D eigenvalue weighted by molar-refractivity contribution is 6.84. The number of rotatable bonds is 5. The Morgan fingerprint density at radius 1 is 1.00 bits per heavy atom. The Bertz CT molecular complexity index is 397. The molecule has 1 rings (SSSR count). The van der Waals surface area contributed by atoms with E-state index in [0.29, 0.717) is 0 Å². The number of benzene rings is 1. The summed E-state index contributed by atoms with van der Waals surface area (Å²) in [7, 11) is -2.88. The lowest BCUT2D eigenvalue weighted by molar-refractivity contribution is 0.450. The van der Waals surface area contributed by atoms with Gasteiger partial charge >= 0.3 is 0 Å². The molecule has 0 heterocycles. The minimum atomic E-state index is -1.50. The molecule has 100 valence electrons. The summed E-state index contributed by atoms with van der Waals surface area (Å²) in [5, 5.41) is 1.27. The van der Waals surface area contributed by atoms with Crippen molar-refractivity contribution in [2.24, 2.45) is 0 Å². The largest absolute Gasteiger partial charge is 0.552 e. The van der Waals surface area contributed by atoms with Crippen LogP contribution in [0.25, 0.3) is 0 Å². The quantitative estimate of drug-likeness (QED) is 0.553. The van der Waals surface area contributed by atoms with E-state index in [4.69, 9.17) is 4.43 Å². The van der Waals surface area contributed by atoms with Crippen molar-refractivity contribution in [2.45, 2.75) is 45.7 Å². The van der Waals surface area contributed by atoms with E-state index in [-0.39, 0.29) is 0 Å². The lowest BCUT2D eigenvalue weighted by Crippen LogP contribution is -2.34. The first-order chi connectivity index (χ1) is 8.18. The molecule has 0 radical (unpaired) electrons. The molecule has 0 saturated heterocycles. The maximum Gasteiger partial charge on any atom is 0.241 e. The van der Waals surface area contributed by atoms with Crippen LogP contribution in [0.1, 0.15) is 5.56 Å². The molecule has 3 heteroatoms. The molecule has 1 aromatic carbocycles. The molecule has 0 spiro atoms. The first kappa shape index (κ1) is 15.3. The number of hydrogen-bond acceptors (Lipinski definition) is 1. The van der Waals surface area contributed by atoms with E-state index in [9.17, 15) is 0 Å². The third-order valence-corrected chi connectivity index (χ3v) is 5.34. The summed E-state index contributed by atoms with van der Waals surface area (Å²) in [6.45, 7) is 13.8. The molecule has 0 aliphatic carbocycles. The molecule has 0 N–H and O–H groups in total. The van der Waals surface area contributed by atoms with E-state index < -0.39 is 16.4 Å². The van der Waals surface area contributed by atoms with Crippen molar-refractivity contribution >= 4 is 16.4 Å². The van der Waals surface area contributed by atoms with Crippen LogP contribution in [0.2, 0.25) is 39.3 Å². The molecule has 0 aliphatic heterocycles. The molecule has 0 bridgehead atoms. The van der Waals surface area contributed by atoms with E-state index >= 15 is 0 Å². The monoisotopic (exact) mass is 278 g/mol. The van der Waals surface area contributed by atoms with Crippen LogP contribution in [0, 0.1) is 0 Å². The van der Waals surface area contributed by atoms with Crippen molar-refractivity contribution < 1.29 is 4.43 Å². The second kappa shape index (κ2) is 5.89. The van der Waals surface area contributed by atoms with Gasteiger partial charge in [0.1, 0.15) is 8.07 Å². The Morgan fingerprint density at radius 2 is 1.56 bits per heavy atom. The van der Waals surface area contributed by atoms with Crippen LogP contribution in [0.5, 0.6) is 0 Å². The molecule has 0 unspecified atom stereocenters. The third kappa shape index (κ3) is 5.69. The average Bonchev–Trinajstić information content (AvgIpc) is 2.22. The molecule has 0 saturated carbocycles. The fourth-order valence-electron chi connectivity index (χ4n) is 1.66. The predicted molar refractivity (Wildman–Crippen MR) is 86.0 cm³/mol. The van der Waals surface area contributed by atoms with Crippen LogP contribution in [0.3, 0.4) is 0 Å².